The van der Waals surface area contributed by atoms with E-state index in [2.05, 4.69) is 31.1 Å². The second-order valence-corrected chi connectivity index (χ2v) is 7.51. The number of aromatic amines is 1. The molecule has 1 aliphatic heterocycles. The Kier molecular flexibility index (Phi) is 4.39. The van der Waals surface area contributed by atoms with Crippen LogP contribution in [0.25, 0.3) is 0 Å². The van der Waals surface area contributed by atoms with Gasteiger partial charge in [-0.05, 0) is 59.3 Å². The van der Waals surface area contributed by atoms with E-state index in [-0.39, 0.29) is 11.9 Å². The van der Waals surface area contributed by atoms with E-state index in [4.69, 9.17) is 0 Å². The summed E-state index contributed by atoms with van der Waals surface area (Å²) in [5, 5.41) is 7.41. The number of halogens is 1. The number of rotatable bonds is 3. The molecule has 1 aliphatic carbocycles. The van der Waals surface area contributed by atoms with Gasteiger partial charge in [0, 0.05) is 24.9 Å². The number of H-pyrrole nitrogens is 1. The van der Waals surface area contributed by atoms with Crippen molar-refractivity contribution in [2.45, 2.75) is 50.5 Å². The summed E-state index contributed by atoms with van der Waals surface area (Å²) in [6, 6.07) is 4.15. The molecule has 1 amide bonds. The molecule has 3 heterocycles. The molecule has 126 valence electrons. The highest BCUT2D eigenvalue weighted by atomic mass is 79.9. The van der Waals surface area contributed by atoms with Crippen molar-refractivity contribution < 1.29 is 4.79 Å². The first-order valence-corrected chi connectivity index (χ1v) is 9.49. The summed E-state index contributed by atoms with van der Waals surface area (Å²) in [6.45, 7) is 0.782. The van der Waals surface area contributed by atoms with E-state index in [0.29, 0.717) is 11.6 Å². The van der Waals surface area contributed by atoms with E-state index in [1.165, 1.54) is 19.3 Å². The van der Waals surface area contributed by atoms with Crippen molar-refractivity contribution in [3.63, 3.8) is 0 Å². The number of nitrogens with one attached hydrogen (secondary N) is 1. The molecule has 0 bridgehead atoms. The third kappa shape index (κ3) is 2.99. The topological polar surface area (TPSA) is 61.9 Å². The van der Waals surface area contributed by atoms with E-state index in [0.717, 1.165) is 41.5 Å². The third-order valence-corrected chi connectivity index (χ3v) is 5.83. The van der Waals surface area contributed by atoms with Crippen molar-refractivity contribution in [2.75, 3.05) is 6.54 Å². The van der Waals surface area contributed by atoms with Crippen molar-refractivity contribution in [1.82, 2.24) is 20.1 Å². The van der Waals surface area contributed by atoms with Gasteiger partial charge in [0.2, 0.25) is 0 Å². The quantitative estimate of drug-likeness (QED) is 0.856. The highest BCUT2D eigenvalue weighted by molar-refractivity contribution is 9.10. The van der Waals surface area contributed by atoms with Crippen LogP contribution >= 0.6 is 15.9 Å². The van der Waals surface area contributed by atoms with E-state index >= 15 is 0 Å². The summed E-state index contributed by atoms with van der Waals surface area (Å²) in [6.07, 6.45) is 10.3. The Balaban J connectivity index is 1.65. The van der Waals surface area contributed by atoms with Crippen molar-refractivity contribution in [3.05, 3.63) is 46.0 Å². The molecule has 0 spiro atoms. The first kappa shape index (κ1) is 15.8. The Hall–Kier alpha value is -1.69. The molecular weight excluding hydrogens is 368 g/mol. The maximum absolute atomic E-state index is 13.2. The monoisotopic (exact) mass is 388 g/mol. The van der Waals surface area contributed by atoms with Gasteiger partial charge in [0.1, 0.15) is 0 Å². The molecule has 4 rings (SSSR count). The molecule has 0 unspecified atom stereocenters. The largest absolute Gasteiger partial charge is 0.330 e. The summed E-state index contributed by atoms with van der Waals surface area (Å²) < 4.78 is 0.854. The summed E-state index contributed by atoms with van der Waals surface area (Å²) in [7, 11) is 0. The van der Waals surface area contributed by atoms with Crippen LogP contribution in [0.1, 0.15) is 72.2 Å². The zero-order valence-electron chi connectivity index (χ0n) is 13.5. The van der Waals surface area contributed by atoms with Gasteiger partial charge in [-0.3, -0.25) is 14.9 Å². The van der Waals surface area contributed by atoms with E-state index in [9.17, 15) is 4.79 Å². The minimum Gasteiger partial charge on any atom is -0.330 e. The highest BCUT2D eigenvalue weighted by Crippen LogP contribution is 2.43. The predicted molar refractivity (Wildman–Crippen MR) is 94.7 cm³/mol. The second-order valence-electron chi connectivity index (χ2n) is 6.72. The first-order valence-electron chi connectivity index (χ1n) is 8.70. The number of nitrogens with zero attached hydrogens (tertiary/aromatic N) is 3. The summed E-state index contributed by atoms with van der Waals surface area (Å²) >= 11 is 3.60. The van der Waals surface area contributed by atoms with Crippen LogP contribution in [0, 0.1) is 0 Å². The van der Waals surface area contributed by atoms with Crippen molar-refractivity contribution in [1.29, 1.82) is 0 Å². The van der Waals surface area contributed by atoms with Crippen molar-refractivity contribution >= 4 is 21.8 Å². The fraction of sp³-hybridized carbons (Fsp3) is 0.500. The average Bonchev–Trinajstić information content (AvgIpc) is 3.41. The molecule has 1 saturated heterocycles. The minimum atomic E-state index is 0.0220. The predicted octanol–water partition coefficient (Wildman–Crippen LogP) is 4.20. The number of likely N-dealkylation sites (tertiary alicyclic amines) is 1. The van der Waals surface area contributed by atoms with Crippen LogP contribution < -0.4 is 0 Å². The van der Waals surface area contributed by atoms with Crippen LogP contribution in [0.4, 0.5) is 0 Å². The molecule has 1 N–H and O–H groups in total. The van der Waals surface area contributed by atoms with Gasteiger partial charge in [-0.1, -0.05) is 12.8 Å². The van der Waals surface area contributed by atoms with E-state index in [1.54, 1.807) is 12.4 Å². The SMILES string of the molecule is O=C(c1n[nH]c(C2CC2)c1Br)N1CCCCC[C@@H]1c1ccncc1. The van der Waals surface area contributed by atoms with Crippen molar-refractivity contribution in [3.8, 4) is 0 Å². The van der Waals surface area contributed by atoms with Crippen LogP contribution in [0.3, 0.4) is 0 Å². The lowest BCUT2D eigenvalue weighted by Gasteiger charge is -2.30. The number of carbonyl (C=O) groups is 1. The molecule has 24 heavy (non-hydrogen) atoms. The molecule has 2 aromatic rings. The first-order chi connectivity index (χ1) is 11.8. The fourth-order valence-electron chi connectivity index (χ4n) is 3.55. The van der Waals surface area contributed by atoms with Crippen LogP contribution in [0.15, 0.2) is 29.0 Å². The van der Waals surface area contributed by atoms with E-state index in [1.807, 2.05) is 17.0 Å². The molecule has 2 aliphatic rings. The standard InChI is InChI=1S/C18H21BrN4O/c19-15-16(13-5-6-13)21-22-17(15)18(24)23-11-3-1-2-4-14(23)12-7-9-20-10-8-12/h7-10,13-14H,1-6,11H2,(H,21,22)/t14-/m1/s1. The number of amides is 1. The lowest BCUT2D eigenvalue weighted by atomic mass is 10.0. The lowest BCUT2D eigenvalue weighted by molar-refractivity contribution is 0.0673. The van der Waals surface area contributed by atoms with Crippen molar-refractivity contribution in [2.24, 2.45) is 0 Å². The average molecular weight is 389 g/mol. The molecule has 2 aromatic heterocycles. The Labute approximate surface area is 150 Å². The fourth-order valence-corrected chi connectivity index (χ4v) is 4.22. The van der Waals surface area contributed by atoms with Gasteiger partial charge in [-0.25, -0.2) is 0 Å². The molecule has 0 radical (unpaired) electrons. The Bertz CT molecular complexity index is 726. The molecule has 1 atom stereocenters. The second kappa shape index (κ2) is 6.67. The van der Waals surface area contributed by atoms with Crippen LogP contribution in [-0.2, 0) is 0 Å². The number of carbonyl (C=O) groups excluding carboxylic acids is 1. The van der Waals surface area contributed by atoms with E-state index < -0.39 is 0 Å². The third-order valence-electron chi connectivity index (χ3n) is 5.03. The smallest absolute Gasteiger partial charge is 0.276 e. The van der Waals surface area contributed by atoms with Gasteiger partial charge >= 0.3 is 0 Å². The number of hydrogen-bond acceptors (Lipinski definition) is 3. The van der Waals surface area contributed by atoms with Crippen LogP contribution in [0.2, 0.25) is 0 Å². The van der Waals surface area contributed by atoms with Gasteiger partial charge in [0.05, 0.1) is 16.2 Å². The zero-order valence-corrected chi connectivity index (χ0v) is 15.1. The molecule has 2 fully saturated rings. The maximum atomic E-state index is 13.2. The van der Waals surface area contributed by atoms with Gasteiger partial charge in [-0.2, -0.15) is 5.10 Å². The summed E-state index contributed by atoms with van der Waals surface area (Å²) in [5.41, 5.74) is 2.76. The van der Waals surface area contributed by atoms with Gasteiger partial charge < -0.3 is 4.90 Å². The molecule has 6 heteroatoms. The zero-order chi connectivity index (χ0) is 16.5. The normalized spacial score (nSPS) is 21.5. The Morgan fingerprint density at radius 1 is 1.17 bits per heavy atom. The Morgan fingerprint density at radius 3 is 2.71 bits per heavy atom. The minimum absolute atomic E-state index is 0.0220. The highest BCUT2D eigenvalue weighted by Gasteiger charge is 2.34. The number of hydrogen-bond donors (Lipinski definition) is 1. The molecular formula is C18H21BrN4O. The molecule has 1 saturated carbocycles. The van der Waals surface area contributed by atoms with Gasteiger partial charge in [0.15, 0.2) is 5.69 Å². The maximum Gasteiger partial charge on any atom is 0.276 e. The summed E-state index contributed by atoms with van der Waals surface area (Å²) in [5.74, 6) is 0.558. The molecule has 5 nitrogen and oxygen atoms in total. The number of aromatic nitrogens is 3. The number of pyridine rings is 1. The lowest BCUT2D eigenvalue weighted by Crippen LogP contribution is -2.35. The van der Waals surface area contributed by atoms with Gasteiger partial charge in [0.25, 0.3) is 5.91 Å². The summed E-state index contributed by atoms with van der Waals surface area (Å²) in [4.78, 5) is 19.3. The van der Waals surface area contributed by atoms with Crippen LogP contribution in [0.5, 0.6) is 0 Å². The van der Waals surface area contributed by atoms with Gasteiger partial charge in [-0.15, -0.1) is 0 Å². The molecule has 0 aromatic carbocycles. The Morgan fingerprint density at radius 2 is 1.96 bits per heavy atom. The van der Waals surface area contributed by atoms with Crippen LogP contribution in [-0.4, -0.2) is 32.5 Å².